The van der Waals surface area contributed by atoms with Crippen molar-refractivity contribution in [3.8, 4) is 22.5 Å². The quantitative estimate of drug-likeness (QED) is 0.0363. The Labute approximate surface area is 449 Å². The second kappa shape index (κ2) is 29.8. The van der Waals surface area contributed by atoms with E-state index in [1.54, 1.807) is 55.6 Å². The molecule has 4 aromatic carbocycles. The number of anilines is 1. The zero-order valence-electron chi connectivity index (χ0n) is 40.3. The number of fused-ring (bicyclic) bond motifs is 2. The highest BCUT2D eigenvalue weighted by Gasteiger charge is 2.27. The summed E-state index contributed by atoms with van der Waals surface area (Å²) in [6, 6.07) is 24.9. The predicted molar refractivity (Wildman–Crippen MR) is 272 cm³/mol. The maximum absolute atomic E-state index is 14.2. The van der Waals surface area contributed by atoms with Gasteiger partial charge in [-0.3, -0.25) is 33.0 Å². The molecule has 0 saturated carbocycles. The lowest BCUT2D eigenvalue weighted by molar-refractivity contribution is -0.137. The number of carbonyl (C=O) groups excluding carboxylic acids is 2. The van der Waals surface area contributed by atoms with Gasteiger partial charge in [-0.1, -0.05) is 55.0 Å². The van der Waals surface area contributed by atoms with E-state index in [4.69, 9.17) is 47.4 Å². The molecule has 33 heteroatoms. The fraction of sp³-hybridized carbons (Fsp3) is 0.244. The van der Waals surface area contributed by atoms with Gasteiger partial charge in [-0.2, -0.15) is 25.3 Å². The SMILES string of the molecule is CN(CCCC(=O)NCCCCCC(=O)O)C(=O)c1ccccc1-c1c2cc(S(=O)(=O)O)c(=NCc3ccc(S(=O)(=O)O)cc3)cc-2oc2cc(NCc3ccccc3S(=O)(=O)O)ccc12.O=S(=O)=O.O=S(=O)=O.O=S(=O)=O. The van der Waals surface area contributed by atoms with Gasteiger partial charge in [0.15, 0.2) is 0 Å². The zero-order chi connectivity index (χ0) is 58.5. The van der Waals surface area contributed by atoms with E-state index in [1.807, 2.05) is 0 Å². The van der Waals surface area contributed by atoms with Crippen LogP contribution in [0.15, 0.2) is 127 Å². The van der Waals surface area contributed by atoms with Crippen LogP contribution in [0.3, 0.4) is 0 Å². The van der Waals surface area contributed by atoms with E-state index in [2.05, 4.69) is 15.6 Å². The number of rotatable bonds is 20. The first-order chi connectivity index (χ1) is 36.4. The summed E-state index contributed by atoms with van der Waals surface area (Å²) in [4.78, 5) is 42.1. The lowest BCUT2D eigenvalue weighted by atomic mass is 9.90. The van der Waals surface area contributed by atoms with Crippen LogP contribution >= 0.6 is 0 Å². The number of carboxylic acid groups (broad SMARTS) is 1. The van der Waals surface area contributed by atoms with E-state index in [0.717, 1.165) is 12.1 Å². The first kappa shape index (κ1) is 64.7. The number of benzene rings is 5. The molecular weight excluding hydrogens is 1160 g/mol. The number of unbranched alkanes of at least 4 members (excludes halogenated alkanes) is 2. The zero-order valence-corrected chi connectivity index (χ0v) is 45.2. The van der Waals surface area contributed by atoms with Gasteiger partial charge in [0.05, 0.1) is 21.7 Å². The molecule has 6 N–H and O–H groups in total. The second-order valence-corrected chi connectivity index (χ2v) is 21.3. The van der Waals surface area contributed by atoms with Crippen LogP contribution in [-0.2, 0) is 84.9 Å². The third kappa shape index (κ3) is 21.4. The number of nitrogens with zero attached hydrogens (tertiary/aromatic N) is 2. The van der Waals surface area contributed by atoms with Crippen molar-refractivity contribution in [2.75, 3.05) is 25.5 Å². The molecule has 0 saturated heterocycles. The Hall–Kier alpha value is -7.63. The van der Waals surface area contributed by atoms with Crippen molar-refractivity contribution in [3.05, 3.63) is 125 Å². The minimum Gasteiger partial charge on any atom is -0.481 e. The Bertz CT molecular complexity index is 3830. The third-order valence-corrected chi connectivity index (χ3v) is 13.2. The maximum Gasteiger partial charge on any atom is 0.425 e. The molecule has 6 rings (SSSR count). The highest BCUT2D eigenvalue weighted by Crippen LogP contribution is 2.43. The lowest BCUT2D eigenvalue weighted by Gasteiger charge is -2.22. The maximum atomic E-state index is 14.2. The number of aliphatic carboxylic acids is 1. The Morgan fingerprint density at radius 3 is 1.82 bits per heavy atom. The third-order valence-electron chi connectivity index (χ3n) is 10.5. The molecule has 0 spiro atoms. The van der Waals surface area contributed by atoms with E-state index in [0.29, 0.717) is 60.0 Å². The molecule has 27 nitrogen and oxygen atoms in total. The molecule has 1 heterocycles. The standard InChI is InChI=1S/C45H46N4O14S3.3O3S/c1-49(23-9-14-42(50)46-22-8-2-3-15-43(51)52)45(53)34-12-6-5-11-33(34)44-35-21-18-31(47-28-30-10-4-7-13-40(30)65(57,58)59)24-38(35)63-39-26-37(41(25-36(39)44)66(60,61)62)48-27-29-16-19-32(20-17-29)64(54,55)56;3*1-4(2)3/h4-7,10-13,16-21,24-26,47H,2-3,8-9,14-15,22-23,27-28H2,1H3,(H,46,50)(H,51,52)(H,54,55,56)(H,57,58,59)(H,60,61,62);;;. The summed E-state index contributed by atoms with van der Waals surface area (Å²) in [5.41, 5.74) is 2.43. The van der Waals surface area contributed by atoms with Gasteiger partial charge < -0.3 is 25.1 Å². The van der Waals surface area contributed by atoms with Crippen molar-refractivity contribution in [1.29, 1.82) is 0 Å². The van der Waals surface area contributed by atoms with Crippen LogP contribution in [0.25, 0.3) is 33.4 Å². The summed E-state index contributed by atoms with van der Waals surface area (Å²) in [5, 5.41) is 14.9. The lowest BCUT2D eigenvalue weighted by Crippen LogP contribution is -2.30. The molecule has 0 bridgehead atoms. The van der Waals surface area contributed by atoms with Gasteiger partial charge in [0.1, 0.15) is 16.2 Å². The fourth-order valence-electron chi connectivity index (χ4n) is 7.24. The van der Waals surface area contributed by atoms with Crippen LogP contribution in [0.1, 0.15) is 60.0 Å². The van der Waals surface area contributed by atoms with E-state index in [1.165, 1.54) is 47.4 Å². The molecule has 4 aromatic rings. The van der Waals surface area contributed by atoms with Gasteiger partial charge in [0, 0.05) is 79.4 Å². The predicted octanol–water partition coefficient (Wildman–Crippen LogP) is 3.26. The monoisotopic (exact) mass is 1200 g/mol. The largest absolute Gasteiger partial charge is 0.481 e. The number of carbonyl (C=O) groups is 3. The van der Waals surface area contributed by atoms with Gasteiger partial charge in [-0.15, -0.1) is 37.9 Å². The number of hydrogen-bond acceptors (Lipinski definition) is 21. The molecule has 1 aliphatic carbocycles. The summed E-state index contributed by atoms with van der Waals surface area (Å²) in [6.07, 6.45) is 2.31. The highest BCUT2D eigenvalue weighted by molar-refractivity contribution is 7.86. The Morgan fingerprint density at radius 1 is 0.641 bits per heavy atom. The van der Waals surface area contributed by atoms with E-state index >= 15 is 0 Å². The van der Waals surface area contributed by atoms with Crippen LogP contribution in [0.5, 0.6) is 0 Å². The molecule has 0 unspecified atom stereocenters. The second-order valence-electron chi connectivity index (χ2n) is 15.9. The number of hydrogen-bond donors (Lipinski definition) is 6. The fourth-order valence-corrected chi connectivity index (χ4v) is 9.10. The number of amides is 2. The molecule has 0 aromatic heterocycles. The van der Waals surface area contributed by atoms with Crippen molar-refractivity contribution in [1.82, 2.24) is 10.2 Å². The van der Waals surface area contributed by atoms with Gasteiger partial charge in [0.25, 0.3) is 36.3 Å². The molecule has 0 atom stereocenters. The number of nitrogens with one attached hydrogen (secondary N) is 2. The van der Waals surface area contributed by atoms with Crippen LogP contribution in [0.2, 0.25) is 0 Å². The molecule has 0 radical (unpaired) electrons. The molecular formula is C45H46N4O23S6. The molecule has 0 fully saturated rings. The van der Waals surface area contributed by atoms with Crippen molar-refractivity contribution in [2.45, 2.75) is 66.3 Å². The van der Waals surface area contributed by atoms with Crippen LogP contribution < -0.4 is 16.0 Å². The first-order valence-corrected chi connectivity index (χ1v) is 29.2. The summed E-state index contributed by atoms with van der Waals surface area (Å²) in [7, 11) is -21.8. The van der Waals surface area contributed by atoms with Gasteiger partial charge >= 0.3 is 37.8 Å². The van der Waals surface area contributed by atoms with Gasteiger partial charge in [0.2, 0.25) is 5.91 Å². The van der Waals surface area contributed by atoms with Crippen molar-refractivity contribution >= 4 is 96.6 Å². The van der Waals surface area contributed by atoms with E-state index in [9.17, 15) is 53.3 Å². The smallest absolute Gasteiger partial charge is 0.425 e. The Kier molecular flexibility index (Phi) is 24.7. The van der Waals surface area contributed by atoms with Crippen molar-refractivity contribution < 1.29 is 101 Å². The van der Waals surface area contributed by atoms with E-state index < -0.39 is 79.0 Å². The average Bonchev–Trinajstić information content (AvgIpc) is 3.33. The molecule has 2 aliphatic rings. The normalized spacial score (nSPS) is 11.4. The highest BCUT2D eigenvalue weighted by atomic mass is 32.2. The summed E-state index contributed by atoms with van der Waals surface area (Å²) in [6.45, 7) is 0.359. The van der Waals surface area contributed by atoms with Gasteiger partial charge in [-0.05, 0) is 78.4 Å². The van der Waals surface area contributed by atoms with Crippen LogP contribution in [-0.4, -0.2) is 125 Å². The van der Waals surface area contributed by atoms with Crippen LogP contribution in [0.4, 0.5) is 5.69 Å². The topological polar surface area (TPSA) is 441 Å². The molecule has 1 aliphatic heterocycles. The van der Waals surface area contributed by atoms with Crippen LogP contribution in [0, 0.1) is 0 Å². The van der Waals surface area contributed by atoms with Crippen molar-refractivity contribution in [2.24, 2.45) is 4.99 Å². The summed E-state index contributed by atoms with van der Waals surface area (Å²) in [5.74, 6) is -1.44. The minimum absolute atomic E-state index is 0.0339. The molecule has 78 heavy (non-hydrogen) atoms. The summed E-state index contributed by atoms with van der Waals surface area (Å²) < 4.78 is 185. The molecule has 420 valence electrons. The van der Waals surface area contributed by atoms with Crippen molar-refractivity contribution in [3.63, 3.8) is 0 Å². The first-order valence-electron chi connectivity index (χ1n) is 21.9. The van der Waals surface area contributed by atoms with Gasteiger partial charge in [-0.25, -0.2) is 0 Å². The Balaban J connectivity index is 0.00000121. The Morgan fingerprint density at radius 2 is 1.23 bits per heavy atom. The minimum atomic E-state index is -4.98. The summed E-state index contributed by atoms with van der Waals surface area (Å²) >= 11 is 0. The van der Waals surface area contributed by atoms with E-state index in [-0.39, 0.29) is 81.6 Å². The average molecular weight is 1200 g/mol. The number of carboxylic acids is 1. The molecule has 2 amide bonds.